The van der Waals surface area contributed by atoms with Gasteiger partial charge in [0.25, 0.3) is 0 Å². The van der Waals surface area contributed by atoms with Crippen molar-refractivity contribution < 1.29 is 18.0 Å². The predicted molar refractivity (Wildman–Crippen MR) is 102 cm³/mol. The number of aryl methyl sites for hydroxylation is 1. The number of hydrogen-bond donors (Lipinski definition) is 1. The second-order valence-electron chi connectivity index (χ2n) is 7.06. The number of fused-ring (bicyclic) bond motifs is 1. The number of aromatic nitrogens is 6. The molecule has 160 valence electrons. The minimum atomic E-state index is -4.54. The number of carbonyl (C=O) groups is 1. The molecule has 3 heterocycles. The Morgan fingerprint density at radius 3 is 2.73 bits per heavy atom. The monoisotopic (exact) mass is 441 g/mol. The van der Waals surface area contributed by atoms with Crippen LogP contribution in [0.25, 0.3) is 0 Å². The lowest BCUT2D eigenvalue weighted by atomic mass is 10.2. The van der Waals surface area contributed by atoms with E-state index in [1.165, 1.54) is 0 Å². The Kier molecular flexibility index (Phi) is 5.31. The van der Waals surface area contributed by atoms with Crippen LogP contribution in [0, 0.1) is 0 Å². The zero-order valence-electron chi connectivity index (χ0n) is 16.1. The van der Waals surface area contributed by atoms with E-state index in [1.54, 1.807) is 21.8 Å². The molecule has 8 nitrogen and oxygen atoms in total. The van der Waals surface area contributed by atoms with Gasteiger partial charge in [-0.3, -0.25) is 18.8 Å². The van der Waals surface area contributed by atoms with Crippen LogP contribution in [0.15, 0.2) is 18.6 Å². The Labute approximate surface area is 174 Å². The molecule has 30 heavy (non-hydrogen) atoms. The molecule has 12 heteroatoms. The van der Waals surface area contributed by atoms with Gasteiger partial charge in [0.2, 0.25) is 5.91 Å². The molecule has 0 fully saturated rings. The van der Waals surface area contributed by atoms with Gasteiger partial charge in [-0.25, -0.2) is 0 Å². The Bertz CT molecular complexity index is 1080. The molecule has 1 aliphatic carbocycles. The first-order valence-corrected chi connectivity index (χ1v) is 9.82. The quantitative estimate of drug-likeness (QED) is 0.637. The van der Waals surface area contributed by atoms with E-state index in [0.717, 1.165) is 16.8 Å². The molecule has 0 saturated carbocycles. The molecule has 1 amide bonds. The highest BCUT2D eigenvalue weighted by Crippen LogP contribution is 2.36. The summed E-state index contributed by atoms with van der Waals surface area (Å²) in [7, 11) is 0. The van der Waals surface area contributed by atoms with E-state index in [2.05, 4.69) is 20.6 Å². The van der Waals surface area contributed by atoms with Gasteiger partial charge in [-0.1, -0.05) is 11.6 Å². The number of nitrogens with zero attached hydrogens (tertiary/aromatic N) is 6. The third-order valence-corrected chi connectivity index (χ3v) is 5.18. The van der Waals surface area contributed by atoms with Gasteiger partial charge in [-0.15, -0.1) is 0 Å². The van der Waals surface area contributed by atoms with Crippen molar-refractivity contribution in [1.29, 1.82) is 0 Å². The third-order valence-electron chi connectivity index (χ3n) is 4.90. The second kappa shape index (κ2) is 7.78. The van der Waals surface area contributed by atoms with Crippen LogP contribution in [0.3, 0.4) is 0 Å². The zero-order chi connectivity index (χ0) is 21.5. The largest absolute Gasteiger partial charge is 0.435 e. The minimum absolute atomic E-state index is 0.143. The van der Waals surface area contributed by atoms with Gasteiger partial charge in [0.1, 0.15) is 11.6 Å². The van der Waals surface area contributed by atoms with Crippen molar-refractivity contribution >= 4 is 23.3 Å². The van der Waals surface area contributed by atoms with Crippen LogP contribution in [0.2, 0.25) is 5.02 Å². The maximum Gasteiger partial charge on any atom is 0.435 e. The molecule has 0 radical (unpaired) electrons. The van der Waals surface area contributed by atoms with Gasteiger partial charge in [0.05, 0.1) is 12.7 Å². The van der Waals surface area contributed by atoms with Crippen molar-refractivity contribution in [2.45, 2.75) is 52.0 Å². The number of hydrogen-bond acceptors (Lipinski definition) is 4. The number of nitrogens with one attached hydrogen (secondary N) is 1. The van der Waals surface area contributed by atoms with Crippen LogP contribution in [0.1, 0.15) is 35.9 Å². The number of anilines is 1. The molecule has 0 bridgehead atoms. The first-order valence-electron chi connectivity index (χ1n) is 9.44. The Balaban J connectivity index is 1.46. The van der Waals surface area contributed by atoms with Crippen LogP contribution in [0.4, 0.5) is 19.0 Å². The van der Waals surface area contributed by atoms with E-state index in [9.17, 15) is 18.0 Å². The van der Waals surface area contributed by atoms with Crippen molar-refractivity contribution in [2.75, 3.05) is 5.32 Å². The summed E-state index contributed by atoms with van der Waals surface area (Å²) >= 11 is 6.16. The van der Waals surface area contributed by atoms with E-state index in [4.69, 9.17) is 11.6 Å². The molecule has 3 aromatic rings. The fourth-order valence-electron chi connectivity index (χ4n) is 3.59. The molecular formula is C18H19ClF3N7O. The summed E-state index contributed by atoms with van der Waals surface area (Å²) in [6.07, 6.45) is 2.02. The summed E-state index contributed by atoms with van der Waals surface area (Å²) in [6, 6.07) is 0. The van der Waals surface area contributed by atoms with Crippen molar-refractivity contribution in [3.05, 3.63) is 46.1 Å². The third kappa shape index (κ3) is 4.07. The van der Waals surface area contributed by atoms with Crippen molar-refractivity contribution in [1.82, 2.24) is 29.3 Å². The van der Waals surface area contributed by atoms with Gasteiger partial charge in [0, 0.05) is 35.8 Å². The standard InChI is InChI=1S/C18H19ClF3N7O/c1-2-27-7-11(6-23-27)8-28-9-13(19)17(26-28)24-15(30)10-29-14-5-3-4-12(14)16(25-29)18(20,21)22/h6-7,9H,2-5,8,10H2,1H3,(H,24,26,30). The van der Waals surface area contributed by atoms with E-state index < -0.39 is 17.8 Å². The van der Waals surface area contributed by atoms with Gasteiger partial charge in [-0.2, -0.15) is 28.5 Å². The maximum atomic E-state index is 13.2. The molecule has 3 aromatic heterocycles. The Morgan fingerprint density at radius 1 is 1.23 bits per heavy atom. The van der Waals surface area contributed by atoms with Crippen molar-refractivity contribution in [2.24, 2.45) is 0 Å². The summed E-state index contributed by atoms with van der Waals surface area (Å²) in [5.41, 5.74) is 0.658. The molecule has 0 atom stereocenters. The van der Waals surface area contributed by atoms with Crippen LogP contribution in [0.5, 0.6) is 0 Å². The smallest absolute Gasteiger partial charge is 0.306 e. The molecule has 0 spiro atoms. The second-order valence-corrected chi connectivity index (χ2v) is 7.47. The van der Waals surface area contributed by atoms with E-state index in [0.29, 0.717) is 31.5 Å². The summed E-state index contributed by atoms with van der Waals surface area (Å²) in [5, 5.41) is 14.9. The number of amides is 1. The topological polar surface area (TPSA) is 82.6 Å². The molecule has 1 aliphatic rings. The summed E-state index contributed by atoms with van der Waals surface area (Å²) in [5.74, 6) is -0.406. The summed E-state index contributed by atoms with van der Waals surface area (Å²) < 4.78 is 44.0. The molecule has 0 unspecified atom stereocenters. The SMILES string of the molecule is CCn1cc(Cn2cc(Cl)c(NC(=O)Cn3nc(C(F)(F)F)c4c3CCC4)n2)cn1. The number of rotatable bonds is 6. The van der Waals surface area contributed by atoms with Crippen molar-refractivity contribution in [3.63, 3.8) is 0 Å². The highest BCUT2D eigenvalue weighted by Gasteiger charge is 2.40. The fraction of sp³-hybridized carbons (Fsp3) is 0.444. The molecular weight excluding hydrogens is 423 g/mol. The van der Waals surface area contributed by atoms with Crippen LogP contribution in [-0.4, -0.2) is 35.2 Å². The minimum Gasteiger partial charge on any atom is -0.306 e. The van der Waals surface area contributed by atoms with Gasteiger partial charge in [-0.05, 0) is 26.2 Å². The van der Waals surface area contributed by atoms with Gasteiger partial charge >= 0.3 is 6.18 Å². The molecule has 1 N–H and O–H groups in total. The molecule has 0 aliphatic heterocycles. The van der Waals surface area contributed by atoms with E-state index in [-0.39, 0.29) is 22.9 Å². The van der Waals surface area contributed by atoms with Gasteiger partial charge < -0.3 is 5.32 Å². The Hall–Kier alpha value is -2.82. The lowest BCUT2D eigenvalue weighted by Gasteiger charge is -2.06. The van der Waals surface area contributed by atoms with Gasteiger partial charge in [0.15, 0.2) is 11.5 Å². The van der Waals surface area contributed by atoms with Crippen LogP contribution < -0.4 is 5.32 Å². The predicted octanol–water partition coefficient (Wildman–Crippen LogP) is 3.14. The summed E-state index contributed by atoms with van der Waals surface area (Å²) in [4.78, 5) is 12.4. The fourth-order valence-corrected chi connectivity index (χ4v) is 3.78. The number of alkyl halides is 3. The van der Waals surface area contributed by atoms with Crippen LogP contribution in [-0.2, 0) is 43.4 Å². The molecule has 0 saturated heterocycles. The average molecular weight is 442 g/mol. The Morgan fingerprint density at radius 2 is 2.03 bits per heavy atom. The summed E-state index contributed by atoms with van der Waals surface area (Å²) in [6.45, 7) is 2.79. The lowest BCUT2D eigenvalue weighted by Crippen LogP contribution is -2.22. The van der Waals surface area contributed by atoms with E-state index >= 15 is 0 Å². The highest BCUT2D eigenvalue weighted by molar-refractivity contribution is 6.33. The average Bonchev–Trinajstić information content (AvgIpc) is 3.41. The zero-order valence-corrected chi connectivity index (χ0v) is 16.8. The number of halogens is 4. The maximum absolute atomic E-state index is 13.2. The highest BCUT2D eigenvalue weighted by atomic mass is 35.5. The molecule has 0 aromatic carbocycles. The van der Waals surface area contributed by atoms with E-state index in [1.807, 2.05) is 13.1 Å². The normalized spacial score (nSPS) is 13.6. The number of carbonyl (C=O) groups excluding carboxylic acids is 1. The van der Waals surface area contributed by atoms with Crippen LogP contribution >= 0.6 is 11.6 Å². The molecule has 4 rings (SSSR count). The lowest BCUT2D eigenvalue weighted by molar-refractivity contribution is -0.142. The first kappa shape index (κ1) is 20.5. The first-order chi connectivity index (χ1) is 14.2. The van der Waals surface area contributed by atoms with Crippen molar-refractivity contribution in [3.8, 4) is 0 Å².